The lowest BCUT2D eigenvalue weighted by Crippen LogP contribution is -2.33. The number of nitrogens with zero attached hydrogens (tertiary/aromatic N) is 1. The Kier molecular flexibility index (Phi) is 5.76. The van der Waals surface area contributed by atoms with Crippen molar-refractivity contribution in [3.8, 4) is 0 Å². The van der Waals surface area contributed by atoms with Gasteiger partial charge in [0, 0.05) is 25.9 Å². The Bertz CT molecular complexity index is 480. The van der Waals surface area contributed by atoms with Gasteiger partial charge in [-0.2, -0.15) is 0 Å². The zero-order chi connectivity index (χ0) is 15.3. The van der Waals surface area contributed by atoms with Crippen LogP contribution in [0.4, 0.5) is 15.8 Å². The van der Waals surface area contributed by atoms with Gasteiger partial charge in [-0.3, -0.25) is 0 Å². The molecule has 112 valence electrons. The van der Waals surface area contributed by atoms with E-state index in [-0.39, 0.29) is 29.6 Å². The number of hydrogen-bond acceptors (Lipinski definition) is 5. The van der Waals surface area contributed by atoms with Gasteiger partial charge in [-0.15, -0.1) is 0 Å². The molecule has 0 fully saturated rings. The van der Waals surface area contributed by atoms with E-state index in [0.717, 1.165) is 6.07 Å². The number of benzene rings is 1. The minimum Gasteiger partial charge on any atom is -0.462 e. The molecular formula is C14H21FN2O3. The molecular weight excluding hydrogens is 263 g/mol. The molecule has 1 atom stereocenters. The first kappa shape index (κ1) is 16.2. The maximum Gasteiger partial charge on any atom is 0.340 e. The first-order valence-electron chi connectivity index (χ1n) is 6.40. The second-order valence-corrected chi connectivity index (χ2v) is 4.53. The number of nitrogen functional groups attached to an aromatic ring is 1. The molecule has 20 heavy (non-hydrogen) atoms. The molecule has 0 aliphatic heterocycles. The highest BCUT2D eigenvalue weighted by molar-refractivity contribution is 5.96. The highest BCUT2D eigenvalue weighted by Crippen LogP contribution is 2.26. The second kappa shape index (κ2) is 7.09. The van der Waals surface area contributed by atoms with E-state index in [2.05, 4.69) is 0 Å². The zero-order valence-electron chi connectivity index (χ0n) is 12.3. The van der Waals surface area contributed by atoms with Crippen molar-refractivity contribution in [3.63, 3.8) is 0 Å². The number of carbonyl (C=O) groups is 1. The van der Waals surface area contributed by atoms with Crippen molar-refractivity contribution in [1.29, 1.82) is 0 Å². The predicted molar refractivity (Wildman–Crippen MR) is 76.5 cm³/mol. The third-order valence-corrected chi connectivity index (χ3v) is 3.06. The van der Waals surface area contributed by atoms with E-state index in [1.54, 1.807) is 26.0 Å². The molecule has 0 heterocycles. The Hall–Kier alpha value is -1.82. The molecule has 0 saturated heterocycles. The summed E-state index contributed by atoms with van der Waals surface area (Å²) in [7, 11) is 3.31. The third-order valence-electron chi connectivity index (χ3n) is 3.06. The fourth-order valence-corrected chi connectivity index (χ4v) is 1.82. The summed E-state index contributed by atoms with van der Waals surface area (Å²) in [5, 5.41) is 0. The topological polar surface area (TPSA) is 64.8 Å². The lowest BCUT2D eigenvalue weighted by atomic mass is 10.1. The molecule has 1 aromatic carbocycles. The van der Waals surface area contributed by atoms with E-state index in [1.807, 2.05) is 6.92 Å². The van der Waals surface area contributed by atoms with Crippen LogP contribution >= 0.6 is 0 Å². The highest BCUT2D eigenvalue weighted by atomic mass is 19.1. The van der Waals surface area contributed by atoms with Crippen LogP contribution in [0.3, 0.4) is 0 Å². The van der Waals surface area contributed by atoms with Crippen LogP contribution < -0.4 is 10.6 Å². The van der Waals surface area contributed by atoms with Crippen molar-refractivity contribution < 1.29 is 18.7 Å². The van der Waals surface area contributed by atoms with Gasteiger partial charge in [0.15, 0.2) is 0 Å². The Morgan fingerprint density at radius 2 is 2.15 bits per heavy atom. The fraction of sp³-hybridized carbons (Fsp3) is 0.500. The first-order chi connectivity index (χ1) is 9.42. The lowest BCUT2D eigenvalue weighted by molar-refractivity contribution is 0.0527. The molecule has 0 aliphatic rings. The summed E-state index contributed by atoms with van der Waals surface area (Å²) in [6, 6.07) is 2.50. The minimum atomic E-state index is -0.556. The minimum absolute atomic E-state index is 0.0480. The fourth-order valence-electron chi connectivity index (χ4n) is 1.82. The third kappa shape index (κ3) is 3.60. The number of anilines is 2. The molecule has 1 rings (SSSR count). The molecule has 1 unspecified atom stereocenters. The molecule has 0 aliphatic carbocycles. The van der Waals surface area contributed by atoms with E-state index in [4.69, 9.17) is 15.2 Å². The van der Waals surface area contributed by atoms with Gasteiger partial charge >= 0.3 is 5.97 Å². The van der Waals surface area contributed by atoms with Crippen LogP contribution in [0.1, 0.15) is 24.2 Å². The van der Waals surface area contributed by atoms with Crippen molar-refractivity contribution in [3.05, 3.63) is 23.5 Å². The summed E-state index contributed by atoms with van der Waals surface area (Å²) >= 11 is 0. The summed E-state index contributed by atoms with van der Waals surface area (Å²) in [5.41, 5.74) is 6.19. The maximum absolute atomic E-state index is 14.0. The SMILES string of the molecule is CCOC(=O)c1cc(N(C)C(C)COC)c(F)cc1N. The van der Waals surface area contributed by atoms with Crippen molar-refractivity contribution in [2.24, 2.45) is 0 Å². The first-order valence-corrected chi connectivity index (χ1v) is 6.40. The monoisotopic (exact) mass is 284 g/mol. The molecule has 5 nitrogen and oxygen atoms in total. The van der Waals surface area contributed by atoms with Gasteiger partial charge in [0.25, 0.3) is 0 Å². The summed E-state index contributed by atoms with van der Waals surface area (Å²) < 4.78 is 24.0. The van der Waals surface area contributed by atoms with Gasteiger partial charge in [-0.05, 0) is 26.0 Å². The Morgan fingerprint density at radius 3 is 2.70 bits per heavy atom. The molecule has 0 bridgehead atoms. The van der Waals surface area contributed by atoms with Crippen molar-refractivity contribution in [2.45, 2.75) is 19.9 Å². The quantitative estimate of drug-likeness (QED) is 0.640. The number of esters is 1. The molecule has 0 radical (unpaired) electrons. The summed E-state index contributed by atoms with van der Waals surface area (Å²) in [6.45, 7) is 4.27. The Balaban J connectivity index is 3.14. The molecule has 0 amide bonds. The average Bonchev–Trinajstić information content (AvgIpc) is 2.38. The van der Waals surface area contributed by atoms with Crippen LogP contribution in [0.2, 0.25) is 0 Å². The zero-order valence-corrected chi connectivity index (χ0v) is 12.3. The average molecular weight is 284 g/mol. The molecule has 2 N–H and O–H groups in total. The normalized spacial score (nSPS) is 12.1. The van der Waals surface area contributed by atoms with E-state index in [0.29, 0.717) is 6.61 Å². The number of ether oxygens (including phenoxy) is 2. The smallest absolute Gasteiger partial charge is 0.340 e. The van der Waals surface area contributed by atoms with E-state index in [9.17, 15) is 9.18 Å². The van der Waals surface area contributed by atoms with Crippen LogP contribution in [-0.4, -0.2) is 39.4 Å². The Labute approximate surface area is 118 Å². The number of methoxy groups -OCH3 is 1. The van der Waals surface area contributed by atoms with Gasteiger partial charge < -0.3 is 20.1 Å². The summed E-state index contributed by atoms with van der Waals surface area (Å²) in [5.74, 6) is -1.04. The van der Waals surface area contributed by atoms with Crippen LogP contribution in [0.5, 0.6) is 0 Å². The number of likely N-dealkylation sites (N-methyl/N-ethyl adjacent to an activating group) is 1. The van der Waals surface area contributed by atoms with E-state index >= 15 is 0 Å². The van der Waals surface area contributed by atoms with E-state index < -0.39 is 11.8 Å². The van der Waals surface area contributed by atoms with Crippen molar-refractivity contribution in [2.75, 3.05) is 38.0 Å². The number of hydrogen-bond donors (Lipinski definition) is 1. The van der Waals surface area contributed by atoms with Gasteiger partial charge in [0.1, 0.15) is 5.82 Å². The Morgan fingerprint density at radius 1 is 1.50 bits per heavy atom. The van der Waals surface area contributed by atoms with Crippen molar-refractivity contribution in [1.82, 2.24) is 0 Å². The van der Waals surface area contributed by atoms with Crippen LogP contribution in [0.25, 0.3) is 0 Å². The summed E-state index contributed by atoms with van der Waals surface area (Å²) in [4.78, 5) is 13.5. The van der Waals surface area contributed by atoms with E-state index in [1.165, 1.54) is 6.07 Å². The molecule has 0 saturated carbocycles. The maximum atomic E-state index is 14.0. The van der Waals surface area contributed by atoms with Gasteiger partial charge in [0.05, 0.1) is 24.5 Å². The second-order valence-electron chi connectivity index (χ2n) is 4.53. The molecule has 0 spiro atoms. The lowest BCUT2D eigenvalue weighted by Gasteiger charge is -2.27. The van der Waals surface area contributed by atoms with Crippen LogP contribution in [0, 0.1) is 5.82 Å². The number of nitrogens with two attached hydrogens (primary N) is 1. The number of carbonyl (C=O) groups excluding carboxylic acids is 1. The molecule has 0 aromatic heterocycles. The van der Waals surface area contributed by atoms with Crippen LogP contribution in [0.15, 0.2) is 12.1 Å². The highest BCUT2D eigenvalue weighted by Gasteiger charge is 2.19. The van der Waals surface area contributed by atoms with Crippen LogP contribution in [-0.2, 0) is 9.47 Å². The van der Waals surface area contributed by atoms with Crippen molar-refractivity contribution >= 4 is 17.3 Å². The predicted octanol–water partition coefficient (Wildman–Crippen LogP) is 2.06. The molecule has 6 heteroatoms. The van der Waals surface area contributed by atoms with Gasteiger partial charge in [-0.25, -0.2) is 9.18 Å². The molecule has 1 aromatic rings. The van der Waals surface area contributed by atoms with Gasteiger partial charge in [-0.1, -0.05) is 0 Å². The number of halogens is 1. The van der Waals surface area contributed by atoms with Gasteiger partial charge in [0.2, 0.25) is 0 Å². The largest absolute Gasteiger partial charge is 0.462 e. The number of rotatable bonds is 6. The standard InChI is InChI=1S/C14H21FN2O3/c1-5-20-14(18)10-6-13(11(15)7-12(10)16)17(3)9(2)8-19-4/h6-7,9H,5,8,16H2,1-4H3. The summed E-state index contributed by atoms with van der Waals surface area (Å²) in [6.07, 6.45) is 0.